The van der Waals surface area contributed by atoms with Crippen molar-refractivity contribution in [3.63, 3.8) is 0 Å². The highest BCUT2D eigenvalue weighted by Crippen LogP contribution is 2.40. The molecule has 1 aliphatic rings. The van der Waals surface area contributed by atoms with Crippen LogP contribution >= 0.6 is 0 Å². The molecule has 10 heteroatoms. The van der Waals surface area contributed by atoms with Gasteiger partial charge in [-0.15, -0.1) is 0 Å². The van der Waals surface area contributed by atoms with Crippen LogP contribution in [0.25, 0.3) is 0 Å². The summed E-state index contributed by atoms with van der Waals surface area (Å²) in [5.41, 5.74) is -2.63. The van der Waals surface area contributed by atoms with Crippen LogP contribution in [0.15, 0.2) is 10.9 Å². The number of hydrogen-bond donors (Lipinski definition) is 2. The third-order valence-electron chi connectivity index (χ3n) is 3.66. The Morgan fingerprint density at radius 1 is 1.36 bits per heavy atom. The van der Waals surface area contributed by atoms with Crippen LogP contribution in [-0.4, -0.2) is 28.3 Å². The fraction of sp³-hybridized carbons (Fsp3) is 0.600. The summed E-state index contributed by atoms with van der Waals surface area (Å²) in [5, 5.41) is 8.24. The molecule has 1 aromatic heterocycles. The number of hydrogen-bond acceptors (Lipinski definition) is 4. The zero-order valence-corrected chi connectivity index (χ0v) is 13.7. The summed E-state index contributed by atoms with van der Waals surface area (Å²) in [6.07, 6.45) is -1.88. The number of alkyl halides is 3. The van der Waals surface area contributed by atoms with Gasteiger partial charge in [-0.2, -0.15) is 18.3 Å². The van der Waals surface area contributed by atoms with Gasteiger partial charge in [0.15, 0.2) is 0 Å². The molecular weight excluding hydrogens is 341 g/mol. The van der Waals surface area contributed by atoms with Gasteiger partial charge < -0.3 is 5.32 Å². The highest BCUT2D eigenvalue weighted by molar-refractivity contribution is 5.94. The van der Waals surface area contributed by atoms with E-state index >= 15 is 0 Å². The predicted octanol–water partition coefficient (Wildman–Crippen LogP) is 1.77. The second-order valence-corrected chi connectivity index (χ2v) is 5.88. The largest absolute Gasteiger partial charge is 0.421 e. The number of unbranched alkanes of at least 4 members (excludes halogenated alkanes) is 1. The number of rotatable bonds is 6. The molecule has 7 nitrogen and oxygen atoms in total. The third-order valence-corrected chi connectivity index (χ3v) is 3.66. The van der Waals surface area contributed by atoms with E-state index in [-0.39, 0.29) is 11.6 Å². The fourth-order valence-electron chi connectivity index (χ4n) is 2.18. The minimum Gasteiger partial charge on any atom is -0.338 e. The van der Waals surface area contributed by atoms with Gasteiger partial charge in [0.05, 0.1) is 5.69 Å². The molecule has 0 aromatic carbocycles. The molecule has 0 unspecified atom stereocenters. The second-order valence-electron chi connectivity index (χ2n) is 5.88. The lowest BCUT2D eigenvalue weighted by atomic mass is 10.2. The van der Waals surface area contributed by atoms with Crippen LogP contribution in [0.3, 0.4) is 0 Å². The number of halogens is 3. The maximum absolute atomic E-state index is 13.0. The van der Waals surface area contributed by atoms with Crippen LogP contribution in [0.5, 0.6) is 0 Å². The van der Waals surface area contributed by atoms with Gasteiger partial charge in [-0.1, -0.05) is 13.3 Å². The zero-order valence-electron chi connectivity index (χ0n) is 13.7. The summed E-state index contributed by atoms with van der Waals surface area (Å²) in [5.74, 6) is -1.04. The van der Waals surface area contributed by atoms with Crippen LogP contribution in [0.2, 0.25) is 0 Å². The van der Waals surface area contributed by atoms with Crippen LogP contribution in [0.1, 0.15) is 49.8 Å². The lowest BCUT2D eigenvalue weighted by Crippen LogP contribution is -2.43. The molecule has 25 heavy (non-hydrogen) atoms. The second kappa shape index (κ2) is 7.66. The predicted molar refractivity (Wildman–Crippen MR) is 81.9 cm³/mol. The first-order valence-corrected chi connectivity index (χ1v) is 7.99. The molecule has 0 radical (unpaired) electrons. The van der Waals surface area contributed by atoms with E-state index in [1.165, 1.54) is 0 Å². The Morgan fingerprint density at radius 2 is 2.04 bits per heavy atom. The minimum absolute atomic E-state index is 0.131. The zero-order chi connectivity index (χ0) is 18.6. The highest BCUT2D eigenvalue weighted by atomic mass is 19.4. The van der Waals surface area contributed by atoms with Crippen LogP contribution < -0.4 is 16.2 Å². The number of carbonyl (C=O) groups excluding carboxylic acids is 2. The number of imide groups is 1. The van der Waals surface area contributed by atoms with Crippen molar-refractivity contribution in [1.29, 1.82) is 0 Å². The summed E-state index contributed by atoms with van der Waals surface area (Å²) in [6.45, 7) is 1.53. The third kappa shape index (κ3) is 5.30. The van der Waals surface area contributed by atoms with Crippen molar-refractivity contribution in [2.24, 2.45) is 0 Å². The lowest BCUT2D eigenvalue weighted by molar-refractivity contribution is -0.139. The van der Waals surface area contributed by atoms with Crippen molar-refractivity contribution in [3.05, 3.63) is 27.7 Å². The maximum Gasteiger partial charge on any atom is 0.421 e. The smallest absolute Gasteiger partial charge is 0.338 e. The number of urea groups is 1. The summed E-state index contributed by atoms with van der Waals surface area (Å²) in [6, 6.07) is -0.0211. The Kier molecular flexibility index (Phi) is 5.81. The van der Waals surface area contributed by atoms with Crippen LogP contribution in [0, 0.1) is 0 Å². The molecule has 1 saturated carbocycles. The molecule has 0 atom stereocenters. The monoisotopic (exact) mass is 360 g/mol. The van der Waals surface area contributed by atoms with Gasteiger partial charge in [-0.25, -0.2) is 9.48 Å². The topological polar surface area (TPSA) is 93.1 Å². The number of nitrogens with zero attached hydrogens (tertiary/aromatic N) is 2. The van der Waals surface area contributed by atoms with Gasteiger partial charge in [0.1, 0.15) is 12.1 Å². The van der Waals surface area contributed by atoms with Crippen molar-refractivity contribution < 1.29 is 22.8 Å². The van der Waals surface area contributed by atoms with Gasteiger partial charge in [-0.3, -0.25) is 14.9 Å². The Hall–Kier alpha value is -2.39. The summed E-state index contributed by atoms with van der Waals surface area (Å²) < 4.78 is 39.5. The van der Waals surface area contributed by atoms with Crippen molar-refractivity contribution >= 4 is 11.9 Å². The van der Waals surface area contributed by atoms with Crippen molar-refractivity contribution in [1.82, 2.24) is 20.4 Å². The van der Waals surface area contributed by atoms with Gasteiger partial charge in [0, 0.05) is 12.5 Å². The van der Waals surface area contributed by atoms with Crippen LogP contribution in [0.4, 0.5) is 18.0 Å². The standard InChI is InChI=1S/C15H19F3N4O3/c1-2-3-6-19-14(25)20-12(23)8-22-13(24)10(15(16,17)18)7-11(21-22)9-4-5-9/h7,9H,2-6,8H2,1H3,(H2,19,20,23,25). The Balaban J connectivity index is 2.13. The molecule has 1 fully saturated rings. The maximum atomic E-state index is 13.0. The summed E-state index contributed by atoms with van der Waals surface area (Å²) in [7, 11) is 0. The minimum atomic E-state index is -4.83. The number of amides is 3. The molecule has 1 heterocycles. The van der Waals surface area contributed by atoms with E-state index in [4.69, 9.17) is 0 Å². The molecule has 2 N–H and O–H groups in total. The molecule has 0 spiro atoms. The molecule has 0 aliphatic heterocycles. The Bertz CT molecular complexity index is 711. The highest BCUT2D eigenvalue weighted by Gasteiger charge is 2.37. The van der Waals surface area contributed by atoms with E-state index in [2.05, 4.69) is 10.4 Å². The first kappa shape index (κ1) is 18.9. The normalized spacial score (nSPS) is 14.2. The van der Waals surface area contributed by atoms with Gasteiger partial charge >= 0.3 is 12.2 Å². The van der Waals surface area contributed by atoms with E-state index in [9.17, 15) is 27.6 Å². The summed E-state index contributed by atoms with van der Waals surface area (Å²) >= 11 is 0. The molecule has 1 aromatic rings. The van der Waals surface area contributed by atoms with Crippen LogP contribution in [-0.2, 0) is 17.5 Å². The quantitative estimate of drug-likeness (QED) is 0.756. The van der Waals surface area contributed by atoms with E-state index in [1.807, 2.05) is 12.2 Å². The number of nitrogens with one attached hydrogen (secondary N) is 2. The average Bonchev–Trinajstić information content (AvgIpc) is 3.33. The SMILES string of the molecule is CCCCNC(=O)NC(=O)Cn1nc(C2CC2)cc(C(F)(F)F)c1=O. The molecule has 2 rings (SSSR count). The Morgan fingerprint density at radius 3 is 2.60 bits per heavy atom. The molecule has 3 amide bonds. The summed E-state index contributed by atoms with van der Waals surface area (Å²) in [4.78, 5) is 35.2. The molecule has 0 bridgehead atoms. The lowest BCUT2D eigenvalue weighted by Gasteiger charge is -2.12. The Labute approximate surface area is 141 Å². The molecular formula is C15H19F3N4O3. The number of carbonyl (C=O) groups is 2. The number of aromatic nitrogens is 2. The van der Waals surface area contributed by atoms with Gasteiger partial charge in [0.25, 0.3) is 5.56 Å². The first-order chi connectivity index (χ1) is 11.7. The van der Waals surface area contributed by atoms with Gasteiger partial charge in [-0.05, 0) is 25.3 Å². The first-order valence-electron chi connectivity index (χ1n) is 7.99. The van der Waals surface area contributed by atoms with E-state index < -0.39 is 35.8 Å². The van der Waals surface area contributed by atoms with E-state index in [0.29, 0.717) is 24.1 Å². The van der Waals surface area contributed by atoms with Gasteiger partial charge in [0.2, 0.25) is 5.91 Å². The van der Waals surface area contributed by atoms with Crippen molar-refractivity contribution in [2.45, 2.75) is 51.2 Å². The van der Waals surface area contributed by atoms with E-state index in [0.717, 1.165) is 18.9 Å². The molecule has 0 saturated heterocycles. The molecule has 138 valence electrons. The van der Waals surface area contributed by atoms with Crippen molar-refractivity contribution in [2.75, 3.05) is 6.54 Å². The molecule has 1 aliphatic carbocycles. The fourth-order valence-corrected chi connectivity index (χ4v) is 2.18. The van der Waals surface area contributed by atoms with Crippen molar-refractivity contribution in [3.8, 4) is 0 Å². The van der Waals surface area contributed by atoms with E-state index in [1.54, 1.807) is 0 Å². The average molecular weight is 360 g/mol.